The summed E-state index contributed by atoms with van der Waals surface area (Å²) in [5.41, 5.74) is -0.439. The first-order valence-corrected chi connectivity index (χ1v) is 8.33. The lowest BCUT2D eigenvalue weighted by molar-refractivity contribution is -0.0186. The minimum atomic E-state index is -0.439. The van der Waals surface area contributed by atoms with Crippen LogP contribution in [0.3, 0.4) is 0 Å². The van der Waals surface area contributed by atoms with Crippen molar-refractivity contribution in [3.05, 3.63) is 12.0 Å². The van der Waals surface area contributed by atoms with E-state index in [0.29, 0.717) is 0 Å². The molecule has 0 aromatic heterocycles. The van der Waals surface area contributed by atoms with Gasteiger partial charge in [0, 0.05) is 31.1 Å². The van der Waals surface area contributed by atoms with E-state index < -0.39 is 5.60 Å². The Balaban J connectivity index is 1.60. The summed E-state index contributed by atoms with van der Waals surface area (Å²) in [6, 6.07) is 0.485. The van der Waals surface area contributed by atoms with Crippen LogP contribution in [-0.4, -0.2) is 41.0 Å². The van der Waals surface area contributed by atoms with Crippen LogP contribution in [0, 0.1) is 0 Å². The standard InChI is InChI=1S/C17H26N2O3/c1-17(2,3)22-16(20)19-12-7-8-13(19)11-14(10-12)21-15-6-4-5-9-18-15/h6,9,12-14H,4-5,7-8,10-11H2,1-3H3/t12-,13+,14?. The number of ether oxygens (including phenoxy) is 2. The van der Waals surface area contributed by atoms with Crippen molar-refractivity contribution in [2.75, 3.05) is 0 Å². The highest BCUT2D eigenvalue weighted by atomic mass is 16.6. The molecule has 3 rings (SSSR count). The summed E-state index contributed by atoms with van der Waals surface area (Å²) < 4.78 is 11.6. The Morgan fingerprint density at radius 3 is 2.45 bits per heavy atom. The normalized spacial score (nSPS) is 31.0. The van der Waals surface area contributed by atoms with Crippen molar-refractivity contribution in [1.29, 1.82) is 0 Å². The summed E-state index contributed by atoms with van der Waals surface area (Å²) in [6.07, 6.45) is 9.81. The van der Waals surface area contributed by atoms with Crippen molar-refractivity contribution in [3.8, 4) is 0 Å². The van der Waals surface area contributed by atoms with E-state index in [1.54, 1.807) is 0 Å². The van der Waals surface area contributed by atoms with Crippen LogP contribution in [0.15, 0.2) is 17.0 Å². The number of piperidine rings is 1. The molecule has 1 amide bonds. The second kappa shape index (κ2) is 5.94. The monoisotopic (exact) mass is 306 g/mol. The molecule has 0 radical (unpaired) electrons. The minimum absolute atomic E-state index is 0.165. The molecular weight excluding hydrogens is 280 g/mol. The zero-order valence-corrected chi connectivity index (χ0v) is 13.7. The van der Waals surface area contributed by atoms with Crippen molar-refractivity contribution >= 4 is 12.3 Å². The van der Waals surface area contributed by atoms with Gasteiger partial charge in [0.2, 0.25) is 5.88 Å². The van der Waals surface area contributed by atoms with Crippen LogP contribution in [0.2, 0.25) is 0 Å². The summed E-state index contributed by atoms with van der Waals surface area (Å²) in [6.45, 7) is 5.74. The molecule has 0 aliphatic carbocycles. The molecule has 3 heterocycles. The lowest BCUT2D eigenvalue weighted by atomic mass is 10.00. The molecule has 3 atom stereocenters. The van der Waals surface area contributed by atoms with Gasteiger partial charge in [-0.05, 0) is 52.5 Å². The number of nitrogens with zero attached hydrogens (tertiary/aromatic N) is 2. The average Bonchev–Trinajstić information content (AvgIpc) is 2.70. The molecule has 122 valence electrons. The first-order chi connectivity index (χ1) is 10.4. The summed E-state index contributed by atoms with van der Waals surface area (Å²) >= 11 is 0. The predicted molar refractivity (Wildman–Crippen MR) is 84.8 cm³/mol. The van der Waals surface area contributed by atoms with Gasteiger partial charge >= 0.3 is 6.09 Å². The molecule has 22 heavy (non-hydrogen) atoms. The van der Waals surface area contributed by atoms with Gasteiger partial charge in [-0.25, -0.2) is 9.79 Å². The number of carbonyl (C=O) groups excluding carboxylic acids is 1. The number of hydrogen-bond acceptors (Lipinski definition) is 4. The summed E-state index contributed by atoms with van der Waals surface area (Å²) in [7, 11) is 0. The zero-order chi connectivity index (χ0) is 15.7. The average molecular weight is 306 g/mol. The highest BCUT2D eigenvalue weighted by molar-refractivity contribution is 5.69. The fourth-order valence-corrected chi connectivity index (χ4v) is 3.57. The molecule has 2 saturated heterocycles. The van der Waals surface area contributed by atoms with Gasteiger partial charge in [0.05, 0.1) is 0 Å². The van der Waals surface area contributed by atoms with Crippen LogP contribution >= 0.6 is 0 Å². The lowest BCUT2D eigenvalue weighted by Gasteiger charge is -2.39. The third-order valence-corrected chi connectivity index (χ3v) is 4.41. The fourth-order valence-electron chi connectivity index (χ4n) is 3.57. The van der Waals surface area contributed by atoms with Crippen LogP contribution in [0.4, 0.5) is 4.79 Å². The number of allylic oxidation sites excluding steroid dienone is 1. The first kappa shape index (κ1) is 15.4. The number of fused-ring (bicyclic) bond motifs is 2. The van der Waals surface area contributed by atoms with Gasteiger partial charge in [-0.3, -0.25) is 0 Å². The zero-order valence-electron chi connectivity index (χ0n) is 13.7. The summed E-state index contributed by atoms with van der Waals surface area (Å²) in [4.78, 5) is 18.7. The topological polar surface area (TPSA) is 51.1 Å². The molecular formula is C17H26N2O3. The summed E-state index contributed by atoms with van der Waals surface area (Å²) in [5.74, 6) is 0.751. The van der Waals surface area contributed by atoms with E-state index in [9.17, 15) is 4.79 Å². The maximum Gasteiger partial charge on any atom is 0.410 e. The molecule has 5 nitrogen and oxygen atoms in total. The van der Waals surface area contributed by atoms with Crippen LogP contribution in [0.5, 0.6) is 0 Å². The van der Waals surface area contributed by atoms with E-state index >= 15 is 0 Å². The Morgan fingerprint density at radius 2 is 1.91 bits per heavy atom. The Kier molecular flexibility index (Phi) is 4.15. The highest BCUT2D eigenvalue weighted by Crippen LogP contribution is 2.38. The van der Waals surface area contributed by atoms with Gasteiger partial charge < -0.3 is 14.4 Å². The third-order valence-electron chi connectivity index (χ3n) is 4.41. The smallest absolute Gasteiger partial charge is 0.410 e. The number of rotatable bonds is 2. The second-order valence-corrected chi connectivity index (χ2v) is 7.42. The van der Waals surface area contributed by atoms with E-state index in [2.05, 4.69) is 11.1 Å². The third kappa shape index (κ3) is 3.45. The Labute approximate surface area is 132 Å². The first-order valence-electron chi connectivity index (χ1n) is 8.33. The predicted octanol–water partition coefficient (Wildman–Crippen LogP) is 3.64. The molecule has 2 bridgehead atoms. The molecule has 3 aliphatic rings. The quantitative estimate of drug-likeness (QED) is 0.782. The highest BCUT2D eigenvalue weighted by Gasteiger charge is 2.45. The molecule has 5 heteroatoms. The second-order valence-electron chi connectivity index (χ2n) is 7.42. The molecule has 0 N–H and O–H groups in total. The maximum absolute atomic E-state index is 12.4. The molecule has 0 spiro atoms. The SMILES string of the molecule is CC(C)(C)OC(=O)N1[C@@H]2CC[C@H]1CC(OC1=CCCC=N1)C2. The van der Waals surface area contributed by atoms with Gasteiger partial charge in [-0.15, -0.1) is 0 Å². The number of hydrogen-bond donors (Lipinski definition) is 0. The van der Waals surface area contributed by atoms with Gasteiger partial charge in [-0.1, -0.05) is 0 Å². The van der Waals surface area contributed by atoms with E-state index in [1.807, 2.05) is 31.9 Å². The van der Waals surface area contributed by atoms with Gasteiger partial charge in [-0.2, -0.15) is 0 Å². The molecule has 2 fully saturated rings. The van der Waals surface area contributed by atoms with Crippen LogP contribution in [-0.2, 0) is 9.47 Å². The summed E-state index contributed by atoms with van der Waals surface area (Å²) in [5, 5.41) is 0. The number of carbonyl (C=O) groups is 1. The molecule has 1 unspecified atom stereocenters. The van der Waals surface area contributed by atoms with Crippen molar-refractivity contribution in [2.24, 2.45) is 4.99 Å². The van der Waals surface area contributed by atoms with Crippen molar-refractivity contribution in [1.82, 2.24) is 4.90 Å². The largest absolute Gasteiger partial charge is 0.474 e. The number of aliphatic imine (C=N–C) groups is 1. The van der Waals surface area contributed by atoms with E-state index in [0.717, 1.165) is 44.4 Å². The van der Waals surface area contributed by atoms with E-state index in [1.165, 1.54) is 0 Å². The van der Waals surface area contributed by atoms with Crippen molar-refractivity contribution in [2.45, 2.75) is 83.1 Å². The van der Waals surface area contributed by atoms with Gasteiger partial charge in [0.15, 0.2) is 0 Å². The molecule has 3 aliphatic heterocycles. The van der Waals surface area contributed by atoms with Gasteiger partial charge in [0.25, 0.3) is 0 Å². The lowest BCUT2D eigenvalue weighted by Crippen LogP contribution is -2.50. The minimum Gasteiger partial charge on any atom is -0.474 e. The van der Waals surface area contributed by atoms with Crippen LogP contribution < -0.4 is 0 Å². The maximum atomic E-state index is 12.4. The number of amides is 1. The van der Waals surface area contributed by atoms with Gasteiger partial charge in [0.1, 0.15) is 11.7 Å². The molecule has 0 saturated carbocycles. The Morgan fingerprint density at radius 1 is 1.23 bits per heavy atom. The Bertz CT molecular complexity index is 479. The van der Waals surface area contributed by atoms with Crippen molar-refractivity contribution in [3.63, 3.8) is 0 Å². The van der Waals surface area contributed by atoms with Crippen molar-refractivity contribution < 1.29 is 14.3 Å². The Hall–Kier alpha value is -1.52. The molecule has 0 aromatic carbocycles. The van der Waals surface area contributed by atoms with Crippen LogP contribution in [0.25, 0.3) is 0 Å². The fraction of sp³-hybridized carbons (Fsp3) is 0.765. The van der Waals surface area contributed by atoms with E-state index in [-0.39, 0.29) is 24.3 Å². The van der Waals surface area contributed by atoms with E-state index in [4.69, 9.17) is 9.47 Å². The molecule has 0 aromatic rings. The van der Waals surface area contributed by atoms with Crippen LogP contribution in [0.1, 0.15) is 59.3 Å².